The number of ether oxygens (including phenoxy) is 1. The number of hydrogen-bond acceptors (Lipinski definition) is 5. The Hall–Kier alpha value is -2.90. The molecule has 29 heavy (non-hydrogen) atoms. The van der Waals surface area contributed by atoms with Gasteiger partial charge in [0.05, 0.1) is 0 Å². The zero-order valence-corrected chi connectivity index (χ0v) is 17.6. The molecule has 0 aromatic heterocycles. The number of alkyl carbamates (subject to hydrolysis) is 1. The molecule has 1 aromatic carbocycles. The topological polar surface area (TPSA) is 114 Å². The molecule has 0 aliphatic rings. The molecular formula is C21H31N3O5. The van der Waals surface area contributed by atoms with E-state index in [1.807, 2.05) is 19.1 Å². The summed E-state index contributed by atoms with van der Waals surface area (Å²) in [6.07, 6.45) is -0.228. The average Bonchev–Trinajstić information content (AvgIpc) is 2.62. The first kappa shape index (κ1) is 24.1. The maximum atomic E-state index is 12.0. The van der Waals surface area contributed by atoms with E-state index in [9.17, 15) is 19.2 Å². The SMILES string of the molecule is Cc1ccc(C(=O)CCC(=O)NCCNC(=O)CCNC(=O)OC(C)(C)C)cc1. The summed E-state index contributed by atoms with van der Waals surface area (Å²) in [6.45, 7) is 7.90. The maximum absolute atomic E-state index is 12.0. The zero-order valence-electron chi connectivity index (χ0n) is 17.6. The van der Waals surface area contributed by atoms with Gasteiger partial charge in [-0.15, -0.1) is 0 Å². The molecule has 0 bridgehead atoms. The van der Waals surface area contributed by atoms with Crippen molar-refractivity contribution in [3.05, 3.63) is 35.4 Å². The van der Waals surface area contributed by atoms with Crippen LogP contribution in [0.1, 0.15) is 56.0 Å². The molecule has 0 unspecified atom stereocenters. The van der Waals surface area contributed by atoms with E-state index in [1.54, 1.807) is 32.9 Å². The van der Waals surface area contributed by atoms with E-state index in [1.165, 1.54) is 0 Å². The molecule has 3 amide bonds. The van der Waals surface area contributed by atoms with Crippen molar-refractivity contribution in [3.8, 4) is 0 Å². The van der Waals surface area contributed by atoms with Crippen LogP contribution in [-0.2, 0) is 14.3 Å². The number of benzene rings is 1. The number of nitrogens with one attached hydrogen (secondary N) is 3. The molecule has 0 spiro atoms. The summed E-state index contributed by atoms with van der Waals surface area (Å²) in [4.78, 5) is 47.0. The molecule has 0 aliphatic heterocycles. The fraction of sp³-hybridized carbons (Fsp3) is 0.524. The number of Topliss-reactive ketones (excluding diaryl/α,β-unsaturated/α-hetero) is 1. The monoisotopic (exact) mass is 405 g/mol. The van der Waals surface area contributed by atoms with Crippen LogP contribution in [0.4, 0.5) is 4.79 Å². The van der Waals surface area contributed by atoms with Crippen LogP contribution in [-0.4, -0.2) is 48.9 Å². The molecule has 0 saturated carbocycles. The number of amides is 3. The predicted molar refractivity (Wildman–Crippen MR) is 110 cm³/mol. The van der Waals surface area contributed by atoms with Gasteiger partial charge in [-0.2, -0.15) is 0 Å². The number of carbonyl (C=O) groups is 4. The van der Waals surface area contributed by atoms with Crippen molar-refractivity contribution < 1.29 is 23.9 Å². The van der Waals surface area contributed by atoms with Gasteiger partial charge in [-0.05, 0) is 27.7 Å². The van der Waals surface area contributed by atoms with Gasteiger partial charge in [0.15, 0.2) is 5.78 Å². The summed E-state index contributed by atoms with van der Waals surface area (Å²) in [5, 5.41) is 7.80. The van der Waals surface area contributed by atoms with Crippen LogP contribution in [0, 0.1) is 6.92 Å². The Morgan fingerprint density at radius 1 is 0.793 bits per heavy atom. The molecular weight excluding hydrogens is 374 g/mol. The molecule has 0 aliphatic carbocycles. The van der Waals surface area contributed by atoms with Gasteiger partial charge >= 0.3 is 6.09 Å². The van der Waals surface area contributed by atoms with Gasteiger partial charge < -0.3 is 20.7 Å². The standard InChI is InChI=1S/C21H31N3O5/c1-15-5-7-16(8-6-15)17(25)9-10-18(26)22-13-14-23-19(27)11-12-24-20(28)29-21(2,3)4/h5-8H,9-14H2,1-4H3,(H,22,26)(H,23,27)(H,24,28). The first-order valence-electron chi connectivity index (χ1n) is 9.67. The quantitative estimate of drug-likeness (QED) is 0.407. The zero-order chi connectivity index (χ0) is 21.9. The van der Waals surface area contributed by atoms with Crippen molar-refractivity contribution in [1.29, 1.82) is 0 Å². The highest BCUT2D eigenvalue weighted by molar-refractivity contribution is 5.97. The third-order valence-electron chi connectivity index (χ3n) is 3.74. The summed E-state index contributed by atoms with van der Waals surface area (Å²) >= 11 is 0. The van der Waals surface area contributed by atoms with Gasteiger partial charge in [-0.25, -0.2) is 4.79 Å². The van der Waals surface area contributed by atoms with Crippen LogP contribution >= 0.6 is 0 Å². The highest BCUT2D eigenvalue weighted by atomic mass is 16.6. The van der Waals surface area contributed by atoms with Crippen LogP contribution in [0.3, 0.4) is 0 Å². The highest BCUT2D eigenvalue weighted by Crippen LogP contribution is 2.08. The molecule has 0 fully saturated rings. The lowest BCUT2D eigenvalue weighted by Crippen LogP contribution is -2.37. The molecule has 8 nitrogen and oxygen atoms in total. The summed E-state index contributed by atoms with van der Waals surface area (Å²) in [7, 11) is 0. The molecule has 160 valence electrons. The Labute approximate surface area is 171 Å². The molecule has 0 radical (unpaired) electrons. The van der Waals surface area contributed by atoms with E-state index in [0.717, 1.165) is 5.56 Å². The van der Waals surface area contributed by atoms with Gasteiger partial charge in [0, 0.05) is 44.5 Å². The largest absolute Gasteiger partial charge is 0.444 e. The van der Waals surface area contributed by atoms with Crippen LogP contribution < -0.4 is 16.0 Å². The second kappa shape index (κ2) is 11.8. The van der Waals surface area contributed by atoms with Crippen molar-refractivity contribution in [2.24, 2.45) is 0 Å². The van der Waals surface area contributed by atoms with Gasteiger partial charge in [-0.3, -0.25) is 14.4 Å². The van der Waals surface area contributed by atoms with Gasteiger partial charge in [0.1, 0.15) is 5.60 Å². The minimum absolute atomic E-state index is 0.0778. The molecule has 1 rings (SSSR count). The van der Waals surface area contributed by atoms with Crippen LogP contribution in [0.2, 0.25) is 0 Å². The van der Waals surface area contributed by atoms with Crippen molar-refractivity contribution in [2.45, 2.75) is 52.6 Å². The lowest BCUT2D eigenvalue weighted by atomic mass is 10.1. The second-order valence-corrected chi connectivity index (χ2v) is 7.67. The van der Waals surface area contributed by atoms with Gasteiger partial charge in [0.25, 0.3) is 0 Å². The van der Waals surface area contributed by atoms with Crippen LogP contribution in [0.5, 0.6) is 0 Å². The first-order chi connectivity index (χ1) is 13.6. The number of hydrogen-bond donors (Lipinski definition) is 3. The molecule has 0 atom stereocenters. The minimum Gasteiger partial charge on any atom is -0.444 e. The van der Waals surface area contributed by atoms with E-state index in [0.29, 0.717) is 5.56 Å². The molecule has 1 aromatic rings. The van der Waals surface area contributed by atoms with Crippen molar-refractivity contribution in [1.82, 2.24) is 16.0 Å². The van der Waals surface area contributed by atoms with E-state index in [4.69, 9.17) is 4.74 Å². The van der Waals surface area contributed by atoms with E-state index in [-0.39, 0.29) is 56.5 Å². The second-order valence-electron chi connectivity index (χ2n) is 7.67. The summed E-state index contributed by atoms with van der Waals surface area (Å²) in [5.74, 6) is -0.568. The van der Waals surface area contributed by atoms with E-state index in [2.05, 4.69) is 16.0 Å². The number of aryl methyl sites for hydroxylation is 1. The fourth-order valence-corrected chi connectivity index (χ4v) is 2.28. The third-order valence-corrected chi connectivity index (χ3v) is 3.74. The summed E-state index contributed by atoms with van der Waals surface area (Å²) in [6, 6.07) is 7.23. The highest BCUT2D eigenvalue weighted by Gasteiger charge is 2.15. The Balaban J connectivity index is 2.10. The predicted octanol–water partition coefficient (Wildman–Crippen LogP) is 2.11. The fourth-order valence-electron chi connectivity index (χ4n) is 2.28. The molecule has 8 heteroatoms. The number of carbonyl (C=O) groups excluding carboxylic acids is 4. The van der Waals surface area contributed by atoms with Gasteiger partial charge in [-0.1, -0.05) is 29.8 Å². The lowest BCUT2D eigenvalue weighted by molar-refractivity contribution is -0.122. The molecule has 0 heterocycles. The molecule has 0 saturated heterocycles. The summed E-state index contributed by atoms with van der Waals surface area (Å²) in [5.41, 5.74) is 1.08. The van der Waals surface area contributed by atoms with Crippen LogP contribution in [0.25, 0.3) is 0 Å². The van der Waals surface area contributed by atoms with Crippen molar-refractivity contribution in [2.75, 3.05) is 19.6 Å². The van der Waals surface area contributed by atoms with Gasteiger partial charge in [0.2, 0.25) is 11.8 Å². The maximum Gasteiger partial charge on any atom is 0.407 e. The Bertz CT molecular complexity index is 708. The number of rotatable bonds is 10. The van der Waals surface area contributed by atoms with Crippen molar-refractivity contribution >= 4 is 23.7 Å². The Morgan fingerprint density at radius 2 is 1.34 bits per heavy atom. The van der Waals surface area contributed by atoms with Crippen molar-refractivity contribution in [3.63, 3.8) is 0 Å². The van der Waals surface area contributed by atoms with Crippen LogP contribution in [0.15, 0.2) is 24.3 Å². The van der Waals surface area contributed by atoms with E-state index >= 15 is 0 Å². The number of ketones is 1. The first-order valence-corrected chi connectivity index (χ1v) is 9.67. The lowest BCUT2D eigenvalue weighted by Gasteiger charge is -2.19. The average molecular weight is 405 g/mol. The molecule has 3 N–H and O–H groups in total. The Morgan fingerprint density at radius 3 is 1.90 bits per heavy atom. The van der Waals surface area contributed by atoms with E-state index < -0.39 is 11.7 Å². The minimum atomic E-state index is -0.588. The smallest absolute Gasteiger partial charge is 0.407 e. The Kier molecular flexibility index (Phi) is 9.85. The summed E-state index contributed by atoms with van der Waals surface area (Å²) < 4.78 is 5.06. The normalized spacial score (nSPS) is 10.8. The third kappa shape index (κ3) is 11.5.